The second-order valence-corrected chi connectivity index (χ2v) is 24.8. The Hall–Kier alpha value is -9.46. The number of rotatable bonds is 13. The highest BCUT2D eigenvalue weighted by Crippen LogP contribution is 2.54. The number of anilines is 1. The van der Waals surface area contributed by atoms with Crippen molar-refractivity contribution in [1.29, 1.82) is 0 Å². The zero-order chi connectivity index (χ0) is 59.5. The lowest BCUT2D eigenvalue weighted by Gasteiger charge is -2.21. The van der Waals surface area contributed by atoms with Gasteiger partial charge in [-0.2, -0.15) is 0 Å². The van der Waals surface area contributed by atoms with Crippen molar-refractivity contribution in [2.24, 2.45) is 0 Å². The Bertz CT molecular complexity index is 4510. The minimum Gasteiger partial charge on any atom is -0.386 e. The van der Waals surface area contributed by atoms with E-state index in [1.54, 1.807) is 6.07 Å². The summed E-state index contributed by atoms with van der Waals surface area (Å²) >= 11 is 0. The van der Waals surface area contributed by atoms with Crippen LogP contribution in [0.5, 0.6) is 0 Å². The Morgan fingerprint density at radius 3 is 1.40 bits per heavy atom. The highest BCUT2D eigenvalue weighted by atomic mass is 32.2. The molecule has 0 spiro atoms. The molecule has 1 saturated carbocycles. The van der Waals surface area contributed by atoms with Crippen LogP contribution in [0, 0.1) is 13.8 Å². The van der Waals surface area contributed by atoms with Crippen LogP contribution in [0.4, 0.5) is 5.69 Å². The number of benzene rings is 9. The number of H-pyrrole nitrogens is 3. The van der Waals surface area contributed by atoms with E-state index in [2.05, 4.69) is 134 Å². The summed E-state index contributed by atoms with van der Waals surface area (Å²) in [6.07, 6.45) is 10.4. The summed E-state index contributed by atoms with van der Waals surface area (Å²) in [5, 5.41) is 21.0. The molecule has 11 nitrogen and oxygen atoms in total. The first-order valence-electron chi connectivity index (χ1n) is 28.5. The molecule has 6 N–H and O–H groups in total. The van der Waals surface area contributed by atoms with Gasteiger partial charge in [0, 0.05) is 11.5 Å². The Kier molecular flexibility index (Phi) is 16.2. The number of para-hydroxylation sites is 1. The summed E-state index contributed by atoms with van der Waals surface area (Å²) in [4.78, 5) is 24.4. The van der Waals surface area contributed by atoms with Gasteiger partial charge in [-0.05, 0) is 164 Å². The van der Waals surface area contributed by atoms with Gasteiger partial charge in [0.1, 0.15) is 17.5 Å². The molecule has 0 radical (unpaired) electrons. The Morgan fingerprint density at radius 2 is 0.894 bits per heavy atom. The van der Waals surface area contributed by atoms with E-state index in [9.17, 15) is 18.6 Å². The molecule has 3 aromatic heterocycles. The van der Waals surface area contributed by atoms with E-state index < -0.39 is 21.2 Å². The topological polar surface area (TPSA) is 173 Å². The van der Waals surface area contributed by atoms with Crippen molar-refractivity contribution >= 4 is 73.1 Å². The molecule has 3 heterocycles. The average Bonchev–Trinajstić information content (AvgIpc) is 2.84. The number of hydrogen-bond acceptors (Lipinski definition) is 7. The van der Waals surface area contributed by atoms with Gasteiger partial charge in [0.2, 0.25) is 10.0 Å². The summed E-state index contributed by atoms with van der Waals surface area (Å²) in [6, 6.07) is 69.0. The van der Waals surface area contributed by atoms with Crippen molar-refractivity contribution < 1.29 is 18.6 Å². The Labute approximate surface area is 497 Å². The average molecular weight is 1140 g/mol. The summed E-state index contributed by atoms with van der Waals surface area (Å²) in [5.41, 5.74) is 18.4. The molecule has 1 aliphatic carbocycles. The number of aryl methyl sites for hydroxylation is 2. The van der Waals surface area contributed by atoms with Crippen LogP contribution >= 0.6 is 0 Å². The zero-order valence-electron chi connectivity index (χ0n) is 48.8. The second kappa shape index (κ2) is 24.0. The molecule has 85 heavy (non-hydrogen) atoms. The summed E-state index contributed by atoms with van der Waals surface area (Å²) in [5.74, 6) is 3.61. The van der Waals surface area contributed by atoms with Gasteiger partial charge in [0.25, 0.3) is 0 Å². The molecule has 0 saturated heterocycles. The molecular weight excluding hydrogens is 1070 g/mol. The molecule has 426 valence electrons. The molecule has 0 aliphatic heterocycles. The molecule has 1 aliphatic rings. The van der Waals surface area contributed by atoms with Crippen molar-refractivity contribution in [3.05, 3.63) is 263 Å². The molecule has 12 aromatic rings. The fourth-order valence-electron chi connectivity index (χ4n) is 10.8. The van der Waals surface area contributed by atoms with Gasteiger partial charge in [-0.25, -0.2) is 23.4 Å². The Balaban J connectivity index is 0.000000133. The quantitative estimate of drug-likeness (QED) is 0.0667. The maximum absolute atomic E-state index is 11.7. The lowest BCUT2D eigenvalue weighted by Crippen LogP contribution is -2.16. The predicted octanol–water partition coefficient (Wildman–Crippen LogP) is 16.7. The van der Waals surface area contributed by atoms with Gasteiger partial charge in [0.15, 0.2) is 0 Å². The van der Waals surface area contributed by atoms with Gasteiger partial charge in [-0.3, -0.25) is 4.72 Å². The third-order valence-electron chi connectivity index (χ3n) is 15.2. The van der Waals surface area contributed by atoms with E-state index in [0.717, 1.165) is 119 Å². The first kappa shape index (κ1) is 57.4. The molecule has 13 rings (SSSR count). The van der Waals surface area contributed by atoms with E-state index >= 15 is 0 Å². The highest BCUT2D eigenvalue weighted by Gasteiger charge is 2.41. The van der Waals surface area contributed by atoms with E-state index in [1.807, 2.05) is 161 Å². The first-order chi connectivity index (χ1) is 40.8. The molecule has 2 atom stereocenters. The molecule has 0 bridgehead atoms. The van der Waals surface area contributed by atoms with Gasteiger partial charge in [0.05, 0.1) is 56.2 Å². The van der Waals surface area contributed by atoms with Gasteiger partial charge >= 0.3 is 0 Å². The van der Waals surface area contributed by atoms with Crippen molar-refractivity contribution in [1.82, 2.24) is 29.9 Å². The van der Waals surface area contributed by atoms with Crippen molar-refractivity contribution in [3.63, 3.8) is 0 Å². The number of aliphatic hydroxyl groups is 2. The van der Waals surface area contributed by atoms with Crippen molar-refractivity contribution in [2.75, 3.05) is 11.0 Å². The first-order valence-corrected chi connectivity index (χ1v) is 30.4. The predicted molar refractivity (Wildman–Crippen MR) is 350 cm³/mol. The van der Waals surface area contributed by atoms with Crippen LogP contribution < -0.4 is 4.72 Å². The number of sulfonamides is 1. The molecule has 1 fully saturated rings. The molecular formula is C73H69N7O4S. The van der Waals surface area contributed by atoms with E-state index in [-0.39, 0.29) is 0 Å². The third kappa shape index (κ3) is 14.0. The fourth-order valence-corrected chi connectivity index (χ4v) is 11.3. The number of imidazole rings is 3. The number of fused-ring (bicyclic) bond motifs is 3. The SMILES string of the molecule is CC(C)(O)c1ccccc1-c1ccc2nc(/C=C/c3ccccc3)[nH]c2c1.Cc1ccc(/C=C\c2nc3ccc(-c4ccccc4C(C)(C)O)cc3[nH]2)cc1.Cc1ccc(C2CC2c2nc3ccc(-c4ccccc4NS(C)(=O)=O)cc3[nH]2)cc1. The van der Waals surface area contributed by atoms with Crippen LogP contribution in [-0.2, 0) is 21.2 Å². The standard InChI is InChI=1S/C25H24N2O.C24H23N3O2S.C24H22N2O/c1-17-8-10-18(11-9-17)12-15-24-26-22-14-13-19(16-23(22)27-24)20-6-4-5-7-21(20)25(2,3)28;1-15-7-9-16(10-8-15)19-14-20(19)24-25-22-12-11-17(13-23(22)26-24)18-5-3-4-6-21(18)27-30(2,28)29;1-24(2,27)20-11-7-6-10-19(20)18-13-14-21-22(16-18)26-23(25-21)15-12-17-8-4-3-5-9-17/h4-16,28H,1-3H3,(H,26,27);3-13,19-20,27H,14H2,1-2H3,(H,25,26);3-16,27H,1-2H3,(H,25,26)/b15-12-;;15-12+. The van der Waals surface area contributed by atoms with E-state index in [0.29, 0.717) is 17.5 Å². The maximum Gasteiger partial charge on any atom is 0.229 e. The van der Waals surface area contributed by atoms with Crippen LogP contribution in [0.3, 0.4) is 0 Å². The number of aromatic amines is 3. The third-order valence-corrected chi connectivity index (χ3v) is 15.8. The Morgan fingerprint density at radius 1 is 0.471 bits per heavy atom. The molecule has 9 aromatic carbocycles. The maximum atomic E-state index is 11.7. The highest BCUT2D eigenvalue weighted by molar-refractivity contribution is 7.92. The van der Waals surface area contributed by atoms with Crippen LogP contribution in [-0.4, -0.2) is 54.8 Å². The van der Waals surface area contributed by atoms with Gasteiger partial charge < -0.3 is 25.2 Å². The smallest absolute Gasteiger partial charge is 0.229 e. The number of nitrogens with zero attached hydrogens (tertiary/aromatic N) is 3. The van der Waals surface area contributed by atoms with Crippen LogP contribution in [0.1, 0.15) is 102 Å². The molecule has 2 unspecified atom stereocenters. The summed E-state index contributed by atoms with van der Waals surface area (Å²) < 4.78 is 26.0. The second-order valence-electron chi connectivity index (χ2n) is 23.0. The largest absolute Gasteiger partial charge is 0.386 e. The van der Waals surface area contributed by atoms with Crippen LogP contribution in [0.25, 0.3) is 90.8 Å². The summed E-state index contributed by atoms with van der Waals surface area (Å²) in [7, 11) is -3.35. The van der Waals surface area contributed by atoms with Crippen LogP contribution in [0.2, 0.25) is 0 Å². The zero-order valence-corrected chi connectivity index (χ0v) is 49.6. The number of nitrogens with one attached hydrogen (secondary N) is 4. The minimum absolute atomic E-state index is 0.419. The van der Waals surface area contributed by atoms with E-state index in [4.69, 9.17) is 4.98 Å². The number of hydrogen-bond donors (Lipinski definition) is 6. The lowest BCUT2D eigenvalue weighted by molar-refractivity contribution is 0.0786. The van der Waals surface area contributed by atoms with Crippen LogP contribution in [0.15, 0.2) is 206 Å². The number of aromatic nitrogens is 6. The van der Waals surface area contributed by atoms with Gasteiger partial charge in [-0.15, -0.1) is 0 Å². The van der Waals surface area contributed by atoms with Gasteiger partial charge in [-0.1, -0.05) is 187 Å². The van der Waals surface area contributed by atoms with Crippen molar-refractivity contribution in [3.8, 4) is 33.4 Å². The lowest BCUT2D eigenvalue weighted by atomic mass is 9.89. The molecule has 0 amide bonds. The normalized spacial score (nSPS) is 14.4. The fraction of sp³-hybridized carbons (Fsp3) is 0.164. The van der Waals surface area contributed by atoms with E-state index in [1.165, 1.54) is 16.7 Å². The summed E-state index contributed by atoms with van der Waals surface area (Å²) in [6.45, 7) is 11.4. The molecule has 12 heteroatoms. The monoisotopic (exact) mass is 1140 g/mol. The van der Waals surface area contributed by atoms with Crippen molar-refractivity contribution in [2.45, 2.75) is 71.0 Å². The minimum atomic E-state index is -3.35.